The summed E-state index contributed by atoms with van der Waals surface area (Å²) in [4.78, 5) is 2.24. The van der Waals surface area contributed by atoms with E-state index in [2.05, 4.69) is 54.6 Å². The van der Waals surface area contributed by atoms with Gasteiger partial charge in [-0.1, -0.05) is 30.3 Å². The lowest BCUT2D eigenvalue weighted by atomic mass is 10.1. The third-order valence-corrected chi connectivity index (χ3v) is 3.21. The van der Waals surface area contributed by atoms with Crippen LogP contribution in [0.2, 0.25) is 0 Å². The number of nitrogens with zero attached hydrogens (tertiary/aromatic N) is 1. The van der Waals surface area contributed by atoms with E-state index in [0.29, 0.717) is 0 Å². The highest BCUT2D eigenvalue weighted by Gasteiger charge is 2.37. The SMILES string of the molecule is CN(C)CCCNC1CC1c1ccccc1. The van der Waals surface area contributed by atoms with Crippen molar-refractivity contribution in [2.75, 3.05) is 27.2 Å². The van der Waals surface area contributed by atoms with Gasteiger partial charge in [-0.25, -0.2) is 0 Å². The molecule has 2 unspecified atom stereocenters. The van der Waals surface area contributed by atoms with Crippen molar-refractivity contribution < 1.29 is 0 Å². The first-order valence-electron chi connectivity index (χ1n) is 6.20. The molecule has 2 atom stereocenters. The summed E-state index contributed by atoms with van der Waals surface area (Å²) < 4.78 is 0. The van der Waals surface area contributed by atoms with E-state index in [1.807, 2.05) is 0 Å². The minimum Gasteiger partial charge on any atom is -0.313 e. The molecule has 2 nitrogen and oxygen atoms in total. The summed E-state index contributed by atoms with van der Waals surface area (Å²) in [5.74, 6) is 0.764. The Morgan fingerprint density at radius 2 is 2.00 bits per heavy atom. The van der Waals surface area contributed by atoms with Crippen molar-refractivity contribution in [2.24, 2.45) is 0 Å². The van der Waals surface area contributed by atoms with E-state index < -0.39 is 0 Å². The molecule has 0 saturated heterocycles. The molecule has 1 aliphatic rings. The van der Waals surface area contributed by atoms with E-state index >= 15 is 0 Å². The first-order chi connectivity index (χ1) is 7.77. The maximum absolute atomic E-state index is 3.63. The molecular weight excluding hydrogens is 196 g/mol. The second kappa shape index (κ2) is 5.46. The standard InChI is InChI=1S/C14H22N2/c1-16(2)10-6-9-15-14-11-13(14)12-7-4-3-5-8-12/h3-5,7-8,13-15H,6,9-11H2,1-2H3. The van der Waals surface area contributed by atoms with Crippen LogP contribution in [-0.4, -0.2) is 38.1 Å². The van der Waals surface area contributed by atoms with E-state index in [4.69, 9.17) is 0 Å². The van der Waals surface area contributed by atoms with Gasteiger partial charge in [0.1, 0.15) is 0 Å². The van der Waals surface area contributed by atoms with E-state index in [9.17, 15) is 0 Å². The van der Waals surface area contributed by atoms with Crippen molar-refractivity contribution >= 4 is 0 Å². The topological polar surface area (TPSA) is 15.3 Å². The molecule has 1 fully saturated rings. The number of benzene rings is 1. The Bertz CT molecular complexity index is 308. The summed E-state index contributed by atoms with van der Waals surface area (Å²) in [6, 6.07) is 11.6. The molecule has 1 aromatic rings. The number of hydrogen-bond acceptors (Lipinski definition) is 2. The third kappa shape index (κ3) is 3.32. The van der Waals surface area contributed by atoms with E-state index in [-0.39, 0.29) is 0 Å². The van der Waals surface area contributed by atoms with Gasteiger partial charge in [0.15, 0.2) is 0 Å². The number of hydrogen-bond donors (Lipinski definition) is 1. The first kappa shape index (κ1) is 11.6. The van der Waals surface area contributed by atoms with Crippen molar-refractivity contribution in [3.63, 3.8) is 0 Å². The van der Waals surface area contributed by atoms with Crippen LogP contribution in [0.5, 0.6) is 0 Å². The Labute approximate surface area is 98.7 Å². The second-order valence-electron chi connectivity index (χ2n) is 4.97. The Morgan fingerprint density at radius 3 is 2.69 bits per heavy atom. The van der Waals surface area contributed by atoms with Gasteiger partial charge in [0, 0.05) is 12.0 Å². The summed E-state index contributed by atoms with van der Waals surface area (Å²) in [5, 5.41) is 3.63. The molecule has 2 rings (SSSR count). The molecule has 1 saturated carbocycles. The maximum Gasteiger partial charge on any atom is 0.0143 e. The third-order valence-electron chi connectivity index (χ3n) is 3.21. The summed E-state index contributed by atoms with van der Waals surface area (Å²) in [7, 11) is 4.26. The van der Waals surface area contributed by atoms with Gasteiger partial charge in [0.05, 0.1) is 0 Å². The average Bonchev–Trinajstić information content (AvgIpc) is 3.05. The molecule has 0 amide bonds. The molecule has 16 heavy (non-hydrogen) atoms. The average molecular weight is 218 g/mol. The molecule has 1 aliphatic carbocycles. The Morgan fingerprint density at radius 1 is 1.25 bits per heavy atom. The lowest BCUT2D eigenvalue weighted by Crippen LogP contribution is -2.23. The molecular formula is C14H22N2. The van der Waals surface area contributed by atoms with Crippen LogP contribution >= 0.6 is 0 Å². The van der Waals surface area contributed by atoms with Gasteiger partial charge in [-0.15, -0.1) is 0 Å². The Balaban J connectivity index is 1.65. The Hall–Kier alpha value is -0.860. The van der Waals surface area contributed by atoms with Crippen LogP contribution in [0.25, 0.3) is 0 Å². The lowest BCUT2D eigenvalue weighted by molar-refractivity contribution is 0.394. The molecule has 1 aromatic carbocycles. The fourth-order valence-electron chi connectivity index (χ4n) is 2.17. The zero-order valence-corrected chi connectivity index (χ0v) is 10.3. The van der Waals surface area contributed by atoms with Gasteiger partial charge >= 0.3 is 0 Å². The molecule has 0 radical (unpaired) electrons. The van der Waals surface area contributed by atoms with E-state index in [0.717, 1.165) is 18.5 Å². The maximum atomic E-state index is 3.63. The van der Waals surface area contributed by atoms with Crippen molar-refractivity contribution in [2.45, 2.75) is 24.8 Å². The van der Waals surface area contributed by atoms with Gasteiger partial charge in [-0.2, -0.15) is 0 Å². The molecule has 0 aromatic heterocycles. The quantitative estimate of drug-likeness (QED) is 0.735. The molecule has 0 spiro atoms. The summed E-state index contributed by atoms with van der Waals surface area (Å²) >= 11 is 0. The number of rotatable bonds is 6. The number of nitrogens with one attached hydrogen (secondary N) is 1. The monoisotopic (exact) mass is 218 g/mol. The molecule has 1 N–H and O–H groups in total. The van der Waals surface area contributed by atoms with Gasteiger partial charge in [0.2, 0.25) is 0 Å². The van der Waals surface area contributed by atoms with E-state index in [1.165, 1.54) is 24.9 Å². The van der Waals surface area contributed by atoms with Crippen LogP contribution in [0, 0.1) is 0 Å². The molecule has 0 aliphatic heterocycles. The normalized spacial score (nSPS) is 23.7. The zero-order chi connectivity index (χ0) is 11.4. The van der Waals surface area contributed by atoms with Crippen LogP contribution in [-0.2, 0) is 0 Å². The molecule has 88 valence electrons. The fourth-order valence-corrected chi connectivity index (χ4v) is 2.17. The van der Waals surface area contributed by atoms with Crippen molar-refractivity contribution in [3.05, 3.63) is 35.9 Å². The van der Waals surface area contributed by atoms with Crippen LogP contribution in [0.3, 0.4) is 0 Å². The highest BCUT2D eigenvalue weighted by molar-refractivity contribution is 5.27. The van der Waals surface area contributed by atoms with E-state index in [1.54, 1.807) is 0 Å². The van der Waals surface area contributed by atoms with Crippen LogP contribution in [0.1, 0.15) is 24.3 Å². The van der Waals surface area contributed by atoms with Gasteiger partial charge in [-0.3, -0.25) is 0 Å². The predicted octanol–water partition coefficient (Wildman–Crippen LogP) is 2.08. The van der Waals surface area contributed by atoms with Crippen LogP contribution in [0.4, 0.5) is 0 Å². The molecule has 2 heteroatoms. The van der Waals surface area contributed by atoms with Gasteiger partial charge in [0.25, 0.3) is 0 Å². The summed E-state index contributed by atoms with van der Waals surface area (Å²) in [5.41, 5.74) is 1.49. The van der Waals surface area contributed by atoms with Crippen LogP contribution in [0.15, 0.2) is 30.3 Å². The molecule has 0 heterocycles. The van der Waals surface area contributed by atoms with Crippen molar-refractivity contribution in [3.8, 4) is 0 Å². The second-order valence-corrected chi connectivity index (χ2v) is 4.97. The highest BCUT2D eigenvalue weighted by Crippen LogP contribution is 2.40. The van der Waals surface area contributed by atoms with Crippen molar-refractivity contribution in [1.82, 2.24) is 10.2 Å². The molecule has 0 bridgehead atoms. The van der Waals surface area contributed by atoms with Gasteiger partial charge < -0.3 is 10.2 Å². The summed E-state index contributed by atoms with van der Waals surface area (Å²) in [6.45, 7) is 2.32. The van der Waals surface area contributed by atoms with Gasteiger partial charge in [-0.05, 0) is 45.6 Å². The predicted molar refractivity (Wildman–Crippen MR) is 68.8 cm³/mol. The fraction of sp³-hybridized carbons (Fsp3) is 0.571. The summed E-state index contributed by atoms with van der Waals surface area (Å²) in [6.07, 6.45) is 2.55. The minimum atomic E-state index is 0.726. The van der Waals surface area contributed by atoms with Crippen LogP contribution < -0.4 is 5.32 Å². The minimum absolute atomic E-state index is 0.726. The smallest absolute Gasteiger partial charge is 0.0143 e. The largest absolute Gasteiger partial charge is 0.313 e. The highest BCUT2D eigenvalue weighted by atomic mass is 15.1. The first-order valence-corrected chi connectivity index (χ1v) is 6.20. The zero-order valence-electron chi connectivity index (χ0n) is 10.3. The lowest BCUT2D eigenvalue weighted by Gasteiger charge is -2.09. The van der Waals surface area contributed by atoms with Crippen molar-refractivity contribution in [1.29, 1.82) is 0 Å². The Kier molecular flexibility index (Phi) is 3.97.